The summed E-state index contributed by atoms with van der Waals surface area (Å²) >= 11 is 0. The Morgan fingerprint density at radius 3 is 2.33 bits per heavy atom. The van der Waals surface area contributed by atoms with E-state index in [1.54, 1.807) is 18.2 Å². The van der Waals surface area contributed by atoms with Crippen LogP contribution in [0, 0.1) is 11.7 Å². The SMILES string of the molecule is CCC(CC)CC(O)c1ccccc1F. The number of hydrogen-bond acceptors (Lipinski definition) is 1. The Bertz CT molecular complexity index is 294. The molecule has 0 amide bonds. The molecule has 0 spiro atoms. The molecule has 1 aromatic carbocycles. The molecule has 1 atom stereocenters. The highest BCUT2D eigenvalue weighted by atomic mass is 19.1. The Balaban J connectivity index is 2.68. The Morgan fingerprint density at radius 2 is 1.80 bits per heavy atom. The number of aliphatic hydroxyl groups excluding tert-OH is 1. The van der Waals surface area contributed by atoms with E-state index in [0.717, 1.165) is 12.8 Å². The maximum Gasteiger partial charge on any atom is 0.128 e. The van der Waals surface area contributed by atoms with Gasteiger partial charge in [-0.1, -0.05) is 44.9 Å². The fraction of sp³-hybridized carbons (Fsp3) is 0.538. The maximum absolute atomic E-state index is 13.3. The number of rotatable bonds is 5. The quantitative estimate of drug-likeness (QED) is 0.786. The molecule has 2 heteroatoms. The van der Waals surface area contributed by atoms with Crippen molar-refractivity contribution in [3.05, 3.63) is 35.6 Å². The smallest absolute Gasteiger partial charge is 0.128 e. The van der Waals surface area contributed by atoms with E-state index in [-0.39, 0.29) is 5.82 Å². The molecule has 0 radical (unpaired) electrons. The van der Waals surface area contributed by atoms with Crippen molar-refractivity contribution in [2.75, 3.05) is 0 Å². The lowest BCUT2D eigenvalue weighted by Gasteiger charge is -2.17. The molecule has 0 saturated carbocycles. The topological polar surface area (TPSA) is 20.2 Å². The fourth-order valence-corrected chi connectivity index (χ4v) is 1.81. The zero-order valence-corrected chi connectivity index (χ0v) is 9.41. The number of benzene rings is 1. The molecule has 1 aromatic rings. The summed E-state index contributed by atoms with van der Waals surface area (Å²) in [4.78, 5) is 0. The van der Waals surface area contributed by atoms with E-state index >= 15 is 0 Å². The molecule has 0 heterocycles. The van der Waals surface area contributed by atoms with Gasteiger partial charge in [-0.3, -0.25) is 0 Å². The maximum atomic E-state index is 13.3. The first kappa shape index (κ1) is 12.2. The van der Waals surface area contributed by atoms with Gasteiger partial charge in [0, 0.05) is 5.56 Å². The molecule has 1 rings (SSSR count). The average Bonchev–Trinajstić information content (AvgIpc) is 2.26. The van der Waals surface area contributed by atoms with Gasteiger partial charge in [0.05, 0.1) is 6.10 Å². The molecule has 0 aliphatic rings. The zero-order chi connectivity index (χ0) is 11.3. The Hall–Kier alpha value is -0.890. The summed E-state index contributed by atoms with van der Waals surface area (Å²) in [5.74, 6) is 0.163. The second-order valence-corrected chi connectivity index (χ2v) is 3.96. The monoisotopic (exact) mass is 210 g/mol. The molecule has 1 N–H and O–H groups in total. The molecule has 84 valence electrons. The number of halogens is 1. The van der Waals surface area contributed by atoms with Gasteiger partial charge >= 0.3 is 0 Å². The zero-order valence-electron chi connectivity index (χ0n) is 9.41. The molecule has 0 aromatic heterocycles. The minimum Gasteiger partial charge on any atom is -0.388 e. The van der Waals surface area contributed by atoms with Crippen LogP contribution in [0.3, 0.4) is 0 Å². The predicted octanol–water partition coefficient (Wildman–Crippen LogP) is 3.69. The molecule has 0 bridgehead atoms. The van der Waals surface area contributed by atoms with E-state index in [0.29, 0.717) is 17.9 Å². The first-order chi connectivity index (χ1) is 7.19. The second kappa shape index (κ2) is 5.86. The molecule has 0 aliphatic heterocycles. The first-order valence-electron chi connectivity index (χ1n) is 5.61. The van der Waals surface area contributed by atoms with E-state index in [4.69, 9.17) is 0 Å². The van der Waals surface area contributed by atoms with Crippen molar-refractivity contribution in [1.29, 1.82) is 0 Å². The highest BCUT2D eigenvalue weighted by molar-refractivity contribution is 5.19. The highest BCUT2D eigenvalue weighted by Gasteiger charge is 2.15. The van der Waals surface area contributed by atoms with Crippen LogP contribution < -0.4 is 0 Å². The summed E-state index contributed by atoms with van der Waals surface area (Å²) in [5.41, 5.74) is 0.421. The third-order valence-corrected chi connectivity index (χ3v) is 2.98. The summed E-state index contributed by atoms with van der Waals surface area (Å²) in [7, 11) is 0. The minimum atomic E-state index is -0.670. The van der Waals surface area contributed by atoms with Crippen molar-refractivity contribution < 1.29 is 9.50 Å². The van der Waals surface area contributed by atoms with E-state index in [9.17, 15) is 9.50 Å². The van der Waals surface area contributed by atoms with Crippen LogP contribution in [-0.4, -0.2) is 5.11 Å². The Morgan fingerprint density at radius 1 is 1.20 bits per heavy atom. The summed E-state index contributed by atoms with van der Waals surface area (Å²) in [6.45, 7) is 4.20. The van der Waals surface area contributed by atoms with Gasteiger partial charge in [0.15, 0.2) is 0 Å². The van der Waals surface area contributed by atoms with Gasteiger partial charge in [0.2, 0.25) is 0 Å². The van der Waals surface area contributed by atoms with Crippen LogP contribution in [0.1, 0.15) is 44.8 Å². The van der Waals surface area contributed by atoms with Gasteiger partial charge in [-0.15, -0.1) is 0 Å². The number of hydrogen-bond donors (Lipinski definition) is 1. The fourth-order valence-electron chi connectivity index (χ4n) is 1.81. The summed E-state index contributed by atoms with van der Waals surface area (Å²) in [5, 5.41) is 9.89. The van der Waals surface area contributed by atoms with Crippen LogP contribution in [0.2, 0.25) is 0 Å². The summed E-state index contributed by atoms with van der Waals surface area (Å²) < 4.78 is 13.3. The number of aliphatic hydroxyl groups is 1. The van der Waals surface area contributed by atoms with Crippen molar-refractivity contribution in [3.8, 4) is 0 Å². The van der Waals surface area contributed by atoms with Gasteiger partial charge in [-0.2, -0.15) is 0 Å². The highest BCUT2D eigenvalue weighted by Crippen LogP contribution is 2.26. The molecule has 1 unspecified atom stereocenters. The molecular formula is C13H19FO. The molecular weight excluding hydrogens is 191 g/mol. The van der Waals surface area contributed by atoms with Crippen molar-refractivity contribution in [1.82, 2.24) is 0 Å². The van der Waals surface area contributed by atoms with E-state index in [1.165, 1.54) is 6.07 Å². The van der Waals surface area contributed by atoms with Gasteiger partial charge in [0.25, 0.3) is 0 Å². The largest absolute Gasteiger partial charge is 0.388 e. The standard InChI is InChI=1S/C13H19FO/c1-3-10(4-2)9-13(15)11-7-5-6-8-12(11)14/h5-8,10,13,15H,3-4,9H2,1-2H3. The molecule has 1 nitrogen and oxygen atoms in total. The predicted molar refractivity (Wildman–Crippen MR) is 60.0 cm³/mol. The Kier molecular flexibility index (Phi) is 4.76. The van der Waals surface area contributed by atoms with Crippen LogP contribution in [0.25, 0.3) is 0 Å². The third-order valence-electron chi connectivity index (χ3n) is 2.98. The van der Waals surface area contributed by atoms with Gasteiger partial charge in [0.1, 0.15) is 5.82 Å². The first-order valence-corrected chi connectivity index (χ1v) is 5.61. The van der Waals surface area contributed by atoms with Gasteiger partial charge in [-0.05, 0) is 18.4 Å². The summed E-state index contributed by atoms with van der Waals surface area (Å²) in [6, 6.07) is 6.45. The van der Waals surface area contributed by atoms with Gasteiger partial charge < -0.3 is 5.11 Å². The van der Waals surface area contributed by atoms with Crippen LogP contribution in [0.4, 0.5) is 4.39 Å². The van der Waals surface area contributed by atoms with E-state index < -0.39 is 6.10 Å². The van der Waals surface area contributed by atoms with E-state index in [1.807, 2.05) is 0 Å². The molecule has 0 aliphatic carbocycles. The van der Waals surface area contributed by atoms with Crippen LogP contribution in [0.5, 0.6) is 0 Å². The molecule has 0 fully saturated rings. The van der Waals surface area contributed by atoms with Crippen molar-refractivity contribution >= 4 is 0 Å². The van der Waals surface area contributed by atoms with Crippen LogP contribution >= 0.6 is 0 Å². The molecule has 15 heavy (non-hydrogen) atoms. The average molecular weight is 210 g/mol. The van der Waals surface area contributed by atoms with Crippen molar-refractivity contribution in [2.45, 2.75) is 39.2 Å². The lowest BCUT2D eigenvalue weighted by Crippen LogP contribution is -2.07. The third kappa shape index (κ3) is 3.31. The van der Waals surface area contributed by atoms with Crippen LogP contribution in [0.15, 0.2) is 24.3 Å². The van der Waals surface area contributed by atoms with Crippen molar-refractivity contribution in [3.63, 3.8) is 0 Å². The second-order valence-electron chi connectivity index (χ2n) is 3.96. The molecule has 0 saturated heterocycles. The van der Waals surface area contributed by atoms with Crippen LogP contribution in [-0.2, 0) is 0 Å². The van der Waals surface area contributed by atoms with Crippen molar-refractivity contribution in [2.24, 2.45) is 5.92 Å². The minimum absolute atomic E-state index is 0.309. The van der Waals surface area contributed by atoms with Gasteiger partial charge in [-0.25, -0.2) is 4.39 Å². The normalized spacial score (nSPS) is 13.1. The lowest BCUT2D eigenvalue weighted by atomic mass is 9.93. The lowest BCUT2D eigenvalue weighted by molar-refractivity contribution is 0.137. The van der Waals surface area contributed by atoms with E-state index in [2.05, 4.69) is 13.8 Å². The summed E-state index contributed by atoms with van der Waals surface area (Å²) in [6.07, 6.45) is 2.04. The Labute approximate surface area is 90.9 Å².